The predicted octanol–water partition coefficient (Wildman–Crippen LogP) is 0.807. The van der Waals surface area contributed by atoms with E-state index < -0.39 is 0 Å². The standard InChI is InChI=1S/C10H10N2O/c1-12-7-4-2-3-6-5-11-9(8(6)7)10(12)13/h2-4,9,11H,5H2,1H3. The maximum Gasteiger partial charge on any atom is 0.248 e. The van der Waals surface area contributed by atoms with Gasteiger partial charge in [0.1, 0.15) is 6.04 Å². The first-order valence-corrected chi connectivity index (χ1v) is 4.42. The van der Waals surface area contributed by atoms with E-state index in [2.05, 4.69) is 11.4 Å². The van der Waals surface area contributed by atoms with E-state index in [-0.39, 0.29) is 11.9 Å². The fourth-order valence-corrected chi connectivity index (χ4v) is 2.22. The van der Waals surface area contributed by atoms with Gasteiger partial charge in [-0.1, -0.05) is 12.1 Å². The molecule has 2 aliphatic rings. The van der Waals surface area contributed by atoms with Gasteiger partial charge in [0.15, 0.2) is 0 Å². The van der Waals surface area contributed by atoms with Crippen LogP contribution >= 0.6 is 0 Å². The van der Waals surface area contributed by atoms with Crippen LogP contribution in [-0.2, 0) is 11.3 Å². The van der Waals surface area contributed by atoms with Crippen LogP contribution in [0.15, 0.2) is 18.2 Å². The summed E-state index contributed by atoms with van der Waals surface area (Å²) < 4.78 is 0. The lowest BCUT2D eigenvalue weighted by Gasteiger charge is -2.11. The van der Waals surface area contributed by atoms with Crippen LogP contribution in [0.2, 0.25) is 0 Å². The molecule has 0 aliphatic carbocycles. The number of anilines is 1. The summed E-state index contributed by atoms with van der Waals surface area (Å²) in [6.07, 6.45) is 0. The Balaban J connectivity index is 2.32. The van der Waals surface area contributed by atoms with Crippen molar-refractivity contribution >= 4 is 11.6 Å². The largest absolute Gasteiger partial charge is 0.313 e. The van der Waals surface area contributed by atoms with Crippen LogP contribution in [0, 0.1) is 0 Å². The number of amides is 1. The normalized spacial score (nSPS) is 23.9. The molecule has 1 aromatic rings. The van der Waals surface area contributed by atoms with E-state index in [1.54, 1.807) is 4.90 Å². The molecule has 1 amide bonds. The number of carbonyl (C=O) groups excluding carboxylic acids is 1. The van der Waals surface area contributed by atoms with Crippen molar-refractivity contribution in [2.75, 3.05) is 11.9 Å². The summed E-state index contributed by atoms with van der Waals surface area (Å²) >= 11 is 0. The maximum absolute atomic E-state index is 11.7. The summed E-state index contributed by atoms with van der Waals surface area (Å²) in [4.78, 5) is 13.4. The van der Waals surface area contributed by atoms with Gasteiger partial charge in [0.05, 0.1) is 0 Å². The highest BCUT2D eigenvalue weighted by Gasteiger charge is 2.39. The van der Waals surface area contributed by atoms with Gasteiger partial charge in [-0.05, 0) is 11.6 Å². The molecule has 1 N–H and O–H groups in total. The molecule has 3 rings (SSSR count). The van der Waals surface area contributed by atoms with E-state index >= 15 is 0 Å². The summed E-state index contributed by atoms with van der Waals surface area (Å²) in [5, 5.41) is 3.21. The number of hydrogen-bond acceptors (Lipinski definition) is 2. The highest BCUT2D eigenvalue weighted by atomic mass is 16.2. The molecule has 1 atom stereocenters. The lowest BCUT2D eigenvalue weighted by Crippen LogP contribution is -2.29. The molecule has 0 spiro atoms. The molecular formula is C10H10N2O. The van der Waals surface area contributed by atoms with Crippen molar-refractivity contribution in [1.29, 1.82) is 0 Å². The predicted molar refractivity (Wildman–Crippen MR) is 49.4 cm³/mol. The van der Waals surface area contributed by atoms with E-state index in [9.17, 15) is 4.79 Å². The number of rotatable bonds is 0. The van der Waals surface area contributed by atoms with Crippen molar-refractivity contribution in [3.8, 4) is 0 Å². The minimum atomic E-state index is -0.0730. The summed E-state index contributed by atoms with van der Waals surface area (Å²) in [5.41, 5.74) is 3.52. The Morgan fingerprint density at radius 3 is 3.23 bits per heavy atom. The van der Waals surface area contributed by atoms with Crippen molar-refractivity contribution in [3.05, 3.63) is 29.3 Å². The minimum absolute atomic E-state index is 0.0730. The van der Waals surface area contributed by atoms with Gasteiger partial charge in [-0.25, -0.2) is 0 Å². The van der Waals surface area contributed by atoms with Gasteiger partial charge in [0.25, 0.3) is 0 Å². The van der Waals surface area contributed by atoms with Gasteiger partial charge in [-0.15, -0.1) is 0 Å². The monoisotopic (exact) mass is 174 g/mol. The van der Waals surface area contributed by atoms with Gasteiger partial charge in [-0.3, -0.25) is 10.1 Å². The zero-order valence-corrected chi connectivity index (χ0v) is 7.37. The summed E-state index contributed by atoms with van der Waals surface area (Å²) in [5.74, 6) is 0.167. The Hall–Kier alpha value is -1.35. The Morgan fingerprint density at radius 1 is 1.54 bits per heavy atom. The van der Waals surface area contributed by atoms with E-state index in [0.717, 1.165) is 12.2 Å². The molecule has 13 heavy (non-hydrogen) atoms. The molecule has 0 bridgehead atoms. The third-order valence-electron chi connectivity index (χ3n) is 2.90. The van der Waals surface area contributed by atoms with Crippen LogP contribution in [0.3, 0.4) is 0 Å². The minimum Gasteiger partial charge on any atom is -0.313 e. The molecular weight excluding hydrogens is 164 g/mol. The van der Waals surface area contributed by atoms with Crippen molar-refractivity contribution < 1.29 is 4.79 Å². The number of likely N-dealkylation sites (N-methyl/N-ethyl adjacent to an activating group) is 1. The second-order valence-corrected chi connectivity index (χ2v) is 3.56. The fourth-order valence-electron chi connectivity index (χ4n) is 2.22. The van der Waals surface area contributed by atoms with E-state index in [1.807, 2.05) is 19.2 Å². The fraction of sp³-hybridized carbons (Fsp3) is 0.300. The van der Waals surface area contributed by atoms with Crippen LogP contribution in [0.1, 0.15) is 17.2 Å². The lowest BCUT2D eigenvalue weighted by molar-refractivity contribution is -0.119. The average Bonchev–Trinajstić information content (AvgIpc) is 2.67. The second-order valence-electron chi connectivity index (χ2n) is 3.56. The molecule has 0 saturated heterocycles. The van der Waals surface area contributed by atoms with Gasteiger partial charge in [0, 0.05) is 24.8 Å². The van der Waals surface area contributed by atoms with Crippen molar-refractivity contribution in [2.45, 2.75) is 12.6 Å². The number of benzene rings is 1. The van der Waals surface area contributed by atoms with Crippen LogP contribution in [0.25, 0.3) is 0 Å². The summed E-state index contributed by atoms with van der Waals surface area (Å²) in [6.45, 7) is 0.827. The third kappa shape index (κ3) is 0.704. The second kappa shape index (κ2) is 2.12. The quantitative estimate of drug-likeness (QED) is 0.631. The Morgan fingerprint density at radius 2 is 2.38 bits per heavy atom. The maximum atomic E-state index is 11.7. The van der Waals surface area contributed by atoms with Crippen LogP contribution < -0.4 is 10.2 Å². The molecule has 0 fully saturated rings. The van der Waals surface area contributed by atoms with Crippen LogP contribution in [0.4, 0.5) is 5.69 Å². The number of nitrogens with zero attached hydrogens (tertiary/aromatic N) is 1. The van der Waals surface area contributed by atoms with Crippen molar-refractivity contribution in [3.63, 3.8) is 0 Å². The number of nitrogens with one attached hydrogen (secondary N) is 1. The van der Waals surface area contributed by atoms with E-state index in [1.165, 1.54) is 11.1 Å². The lowest BCUT2D eigenvalue weighted by atomic mass is 10.1. The molecule has 2 heterocycles. The van der Waals surface area contributed by atoms with Gasteiger partial charge >= 0.3 is 0 Å². The Kier molecular flexibility index (Phi) is 1.15. The van der Waals surface area contributed by atoms with Gasteiger partial charge < -0.3 is 4.90 Å². The topological polar surface area (TPSA) is 32.3 Å². The van der Waals surface area contributed by atoms with Gasteiger partial charge in [-0.2, -0.15) is 0 Å². The highest BCUT2D eigenvalue weighted by molar-refractivity contribution is 6.05. The number of carbonyl (C=O) groups is 1. The molecule has 0 radical (unpaired) electrons. The molecule has 1 unspecified atom stereocenters. The summed E-state index contributed by atoms with van der Waals surface area (Å²) in [6, 6.07) is 6.02. The molecule has 3 nitrogen and oxygen atoms in total. The van der Waals surface area contributed by atoms with Crippen molar-refractivity contribution in [1.82, 2.24) is 5.32 Å². The zero-order chi connectivity index (χ0) is 9.00. The first-order valence-electron chi connectivity index (χ1n) is 4.42. The van der Waals surface area contributed by atoms with E-state index in [4.69, 9.17) is 0 Å². The molecule has 0 aromatic heterocycles. The zero-order valence-electron chi connectivity index (χ0n) is 7.37. The Labute approximate surface area is 76.4 Å². The highest BCUT2D eigenvalue weighted by Crippen LogP contribution is 2.40. The van der Waals surface area contributed by atoms with Gasteiger partial charge in [0.2, 0.25) is 5.91 Å². The first kappa shape index (κ1) is 7.09. The number of hydrogen-bond donors (Lipinski definition) is 1. The van der Waals surface area contributed by atoms with E-state index in [0.29, 0.717) is 0 Å². The molecule has 0 saturated carbocycles. The van der Waals surface area contributed by atoms with Crippen LogP contribution in [-0.4, -0.2) is 13.0 Å². The summed E-state index contributed by atoms with van der Waals surface area (Å²) in [7, 11) is 1.83. The molecule has 2 aliphatic heterocycles. The molecule has 3 heteroatoms. The van der Waals surface area contributed by atoms with Crippen LogP contribution in [0.5, 0.6) is 0 Å². The smallest absolute Gasteiger partial charge is 0.248 e. The van der Waals surface area contributed by atoms with Crippen molar-refractivity contribution in [2.24, 2.45) is 0 Å². The molecule has 1 aromatic carbocycles. The Bertz CT molecular complexity index is 400. The average molecular weight is 174 g/mol. The molecule has 66 valence electrons. The third-order valence-corrected chi connectivity index (χ3v) is 2.90. The first-order chi connectivity index (χ1) is 6.29. The SMILES string of the molecule is CN1C(=O)C2NCc3cccc1c32.